The Morgan fingerprint density at radius 1 is 0.781 bits per heavy atom. The Morgan fingerprint density at radius 3 is 2.25 bits per heavy atom. The van der Waals surface area contributed by atoms with E-state index in [2.05, 4.69) is 5.32 Å². The molecule has 0 bridgehead atoms. The number of amides is 2. The van der Waals surface area contributed by atoms with E-state index >= 15 is 0 Å². The Hall–Kier alpha value is -4.06. The number of imide groups is 1. The molecule has 3 aromatic carbocycles. The fourth-order valence-electron chi connectivity index (χ4n) is 3.62. The summed E-state index contributed by atoms with van der Waals surface area (Å²) in [6.07, 6.45) is 0. The molecule has 0 atom stereocenters. The molecule has 6 nitrogen and oxygen atoms in total. The van der Waals surface area contributed by atoms with Crippen LogP contribution in [0, 0.1) is 0 Å². The molecule has 0 unspecified atom stereocenters. The standard InChI is InChI=1S/C26H24N2O4/c1-3-31-20-14-10-13-19(17-20)28-25(29)23(18-11-6-5-7-12-18)24(26(28)30)27-21-15-8-9-16-22(21)32-4-2/h5-17,27H,3-4H2,1-2H3. The summed E-state index contributed by atoms with van der Waals surface area (Å²) in [6.45, 7) is 4.74. The van der Waals surface area contributed by atoms with Crippen molar-refractivity contribution in [2.45, 2.75) is 13.8 Å². The monoisotopic (exact) mass is 428 g/mol. The zero-order valence-electron chi connectivity index (χ0n) is 18.0. The van der Waals surface area contributed by atoms with Crippen molar-refractivity contribution in [1.82, 2.24) is 0 Å². The number of benzene rings is 3. The molecule has 2 amide bonds. The minimum absolute atomic E-state index is 0.204. The predicted octanol–water partition coefficient (Wildman–Crippen LogP) is 4.88. The van der Waals surface area contributed by atoms with Crippen molar-refractivity contribution in [3.63, 3.8) is 0 Å². The largest absolute Gasteiger partial charge is 0.494 e. The maximum Gasteiger partial charge on any atom is 0.282 e. The molecule has 1 aliphatic rings. The van der Waals surface area contributed by atoms with Crippen LogP contribution >= 0.6 is 0 Å². The Labute approximate surface area is 187 Å². The summed E-state index contributed by atoms with van der Waals surface area (Å²) in [5.41, 5.74) is 2.24. The van der Waals surface area contributed by atoms with Crippen molar-refractivity contribution in [3.05, 3.63) is 90.1 Å². The molecule has 0 saturated carbocycles. The van der Waals surface area contributed by atoms with E-state index in [4.69, 9.17) is 9.47 Å². The SMILES string of the molecule is CCOc1cccc(N2C(=O)C(Nc3ccccc3OCC)=C(c3ccccc3)C2=O)c1. The van der Waals surface area contributed by atoms with Crippen LogP contribution in [0.1, 0.15) is 19.4 Å². The molecule has 0 aliphatic carbocycles. The number of carbonyl (C=O) groups excluding carboxylic acids is 2. The first-order chi connectivity index (χ1) is 15.6. The average Bonchev–Trinajstić information content (AvgIpc) is 3.05. The van der Waals surface area contributed by atoms with Gasteiger partial charge in [0.1, 0.15) is 17.2 Å². The summed E-state index contributed by atoms with van der Waals surface area (Å²) < 4.78 is 11.3. The molecule has 0 radical (unpaired) electrons. The van der Waals surface area contributed by atoms with E-state index in [1.165, 1.54) is 4.90 Å². The lowest BCUT2D eigenvalue weighted by atomic mass is 10.0. The highest BCUT2D eigenvalue weighted by Crippen LogP contribution is 2.36. The quantitative estimate of drug-likeness (QED) is 0.518. The number of hydrogen-bond donors (Lipinski definition) is 1. The second-order valence-electron chi connectivity index (χ2n) is 7.05. The Kier molecular flexibility index (Phi) is 6.22. The Bertz CT molecular complexity index is 1170. The van der Waals surface area contributed by atoms with E-state index < -0.39 is 11.8 Å². The van der Waals surface area contributed by atoms with Crippen LogP contribution in [0.3, 0.4) is 0 Å². The van der Waals surface area contributed by atoms with Gasteiger partial charge in [0.05, 0.1) is 30.2 Å². The van der Waals surface area contributed by atoms with Crippen molar-refractivity contribution in [1.29, 1.82) is 0 Å². The highest BCUT2D eigenvalue weighted by Gasteiger charge is 2.40. The third kappa shape index (κ3) is 4.07. The first-order valence-corrected chi connectivity index (χ1v) is 10.5. The van der Waals surface area contributed by atoms with Gasteiger partial charge in [0, 0.05) is 6.07 Å². The fraction of sp³-hybridized carbons (Fsp3) is 0.154. The number of carbonyl (C=O) groups is 2. The lowest BCUT2D eigenvalue weighted by molar-refractivity contribution is -0.120. The number of anilines is 2. The maximum atomic E-state index is 13.5. The molecule has 3 aromatic rings. The highest BCUT2D eigenvalue weighted by atomic mass is 16.5. The summed E-state index contributed by atoms with van der Waals surface area (Å²) in [4.78, 5) is 28.3. The third-order valence-electron chi connectivity index (χ3n) is 4.98. The summed E-state index contributed by atoms with van der Waals surface area (Å²) in [5, 5.41) is 3.17. The van der Waals surface area contributed by atoms with Gasteiger partial charge >= 0.3 is 0 Å². The molecule has 162 valence electrons. The second kappa shape index (κ2) is 9.39. The zero-order valence-corrected chi connectivity index (χ0v) is 18.0. The van der Waals surface area contributed by atoms with Crippen LogP contribution in [0.4, 0.5) is 11.4 Å². The maximum absolute atomic E-state index is 13.5. The number of hydrogen-bond acceptors (Lipinski definition) is 5. The average molecular weight is 428 g/mol. The van der Waals surface area contributed by atoms with Gasteiger partial charge < -0.3 is 14.8 Å². The molecule has 32 heavy (non-hydrogen) atoms. The molecule has 1 heterocycles. The number of nitrogens with one attached hydrogen (secondary N) is 1. The lowest BCUT2D eigenvalue weighted by Crippen LogP contribution is -2.32. The lowest BCUT2D eigenvalue weighted by Gasteiger charge is -2.17. The molecule has 0 aromatic heterocycles. The van der Waals surface area contributed by atoms with Crippen molar-refractivity contribution in [3.8, 4) is 11.5 Å². The van der Waals surface area contributed by atoms with E-state index in [1.807, 2.05) is 68.4 Å². The van der Waals surface area contributed by atoms with Gasteiger partial charge in [0.15, 0.2) is 0 Å². The highest BCUT2D eigenvalue weighted by molar-refractivity contribution is 6.46. The van der Waals surface area contributed by atoms with Crippen molar-refractivity contribution in [2.24, 2.45) is 0 Å². The van der Waals surface area contributed by atoms with Crippen LogP contribution in [0.25, 0.3) is 5.57 Å². The van der Waals surface area contributed by atoms with E-state index in [1.54, 1.807) is 24.3 Å². The summed E-state index contributed by atoms with van der Waals surface area (Å²) in [6, 6.07) is 23.5. The first kappa shape index (κ1) is 21.2. The second-order valence-corrected chi connectivity index (χ2v) is 7.05. The molecule has 4 rings (SSSR count). The van der Waals surface area contributed by atoms with Gasteiger partial charge in [0.25, 0.3) is 11.8 Å². The number of para-hydroxylation sites is 2. The van der Waals surface area contributed by atoms with Gasteiger partial charge in [-0.1, -0.05) is 48.5 Å². The van der Waals surface area contributed by atoms with Crippen molar-refractivity contribution >= 4 is 28.8 Å². The van der Waals surface area contributed by atoms with Gasteiger partial charge in [-0.2, -0.15) is 0 Å². The van der Waals surface area contributed by atoms with Gasteiger partial charge in [-0.05, 0) is 43.7 Å². The van der Waals surface area contributed by atoms with E-state index in [0.717, 1.165) is 0 Å². The van der Waals surface area contributed by atoms with Gasteiger partial charge in [-0.15, -0.1) is 0 Å². The third-order valence-corrected chi connectivity index (χ3v) is 4.98. The Morgan fingerprint density at radius 2 is 1.50 bits per heavy atom. The number of rotatable bonds is 8. The molecule has 1 aliphatic heterocycles. The van der Waals surface area contributed by atoms with E-state index in [-0.39, 0.29) is 5.70 Å². The molecule has 0 fully saturated rings. The van der Waals surface area contributed by atoms with Crippen LogP contribution < -0.4 is 19.7 Å². The Balaban J connectivity index is 1.79. The molecule has 0 spiro atoms. The normalized spacial score (nSPS) is 13.5. The smallest absolute Gasteiger partial charge is 0.282 e. The number of nitrogens with zero attached hydrogens (tertiary/aromatic N) is 1. The van der Waals surface area contributed by atoms with Crippen molar-refractivity contribution < 1.29 is 19.1 Å². The van der Waals surface area contributed by atoms with Crippen LogP contribution in [-0.4, -0.2) is 25.0 Å². The van der Waals surface area contributed by atoms with Gasteiger partial charge in [-0.25, -0.2) is 4.90 Å². The predicted molar refractivity (Wildman–Crippen MR) is 125 cm³/mol. The minimum Gasteiger partial charge on any atom is -0.494 e. The minimum atomic E-state index is -0.436. The van der Waals surface area contributed by atoms with Crippen LogP contribution in [0.2, 0.25) is 0 Å². The fourth-order valence-corrected chi connectivity index (χ4v) is 3.62. The molecule has 6 heteroatoms. The van der Waals surface area contributed by atoms with Gasteiger partial charge in [-0.3, -0.25) is 9.59 Å². The van der Waals surface area contributed by atoms with Gasteiger partial charge in [0.2, 0.25) is 0 Å². The van der Waals surface area contributed by atoms with Crippen molar-refractivity contribution in [2.75, 3.05) is 23.4 Å². The number of ether oxygens (including phenoxy) is 2. The van der Waals surface area contributed by atoms with Crippen LogP contribution in [0.15, 0.2) is 84.6 Å². The molecule has 1 N–H and O–H groups in total. The summed E-state index contributed by atoms with van der Waals surface area (Å²) in [7, 11) is 0. The molecular weight excluding hydrogens is 404 g/mol. The van der Waals surface area contributed by atoms with Crippen LogP contribution in [-0.2, 0) is 9.59 Å². The van der Waals surface area contributed by atoms with E-state index in [0.29, 0.717) is 47.2 Å². The summed E-state index contributed by atoms with van der Waals surface area (Å²) >= 11 is 0. The summed E-state index contributed by atoms with van der Waals surface area (Å²) in [5.74, 6) is 0.363. The first-order valence-electron chi connectivity index (χ1n) is 10.5. The molecular formula is C26H24N2O4. The van der Waals surface area contributed by atoms with E-state index in [9.17, 15) is 9.59 Å². The topological polar surface area (TPSA) is 67.9 Å². The van der Waals surface area contributed by atoms with Crippen LogP contribution in [0.5, 0.6) is 11.5 Å². The molecule has 0 saturated heterocycles. The zero-order chi connectivity index (χ0) is 22.5.